The summed E-state index contributed by atoms with van der Waals surface area (Å²) in [5, 5.41) is 6.34. The summed E-state index contributed by atoms with van der Waals surface area (Å²) in [6.07, 6.45) is 2.32. The minimum atomic E-state index is -0.0940. The van der Waals surface area contributed by atoms with Gasteiger partial charge in [-0.15, -0.1) is 0 Å². The molecule has 5 heteroatoms. The SMILES string of the molecule is CN1CCC(Nc2ccc3c(c2)OCC(=O)N3)CC1. The van der Waals surface area contributed by atoms with Gasteiger partial charge in [0.1, 0.15) is 5.75 Å². The molecule has 2 aliphatic rings. The number of anilines is 2. The second-order valence-corrected chi connectivity index (χ2v) is 5.27. The van der Waals surface area contributed by atoms with Crippen LogP contribution in [-0.2, 0) is 4.79 Å². The van der Waals surface area contributed by atoms with E-state index in [2.05, 4.69) is 22.6 Å². The van der Waals surface area contributed by atoms with Crippen molar-refractivity contribution in [2.24, 2.45) is 0 Å². The van der Waals surface area contributed by atoms with Crippen LogP contribution in [-0.4, -0.2) is 43.6 Å². The van der Waals surface area contributed by atoms with E-state index in [1.807, 2.05) is 18.2 Å². The maximum atomic E-state index is 11.2. The van der Waals surface area contributed by atoms with Crippen molar-refractivity contribution in [1.29, 1.82) is 0 Å². The summed E-state index contributed by atoms with van der Waals surface area (Å²) in [5.74, 6) is 0.654. The lowest BCUT2D eigenvalue weighted by molar-refractivity contribution is -0.118. The zero-order chi connectivity index (χ0) is 13.2. The smallest absolute Gasteiger partial charge is 0.262 e. The zero-order valence-corrected chi connectivity index (χ0v) is 11.1. The summed E-state index contributed by atoms with van der Waals surface area (Å²) in [4.78, 5) is 13.6. The summed E-state index contributed by atoms with van der Waals surface area (Å²) < 4.78 is 5.42. The highest BCUT2D eigenvalue weighted by atomic mass is 16.5. The van der Waals surface area contributed by atoms with Crippen LogP contribution in [0.25, 0.3) is 0 Å². The van der Waals surface area contributed by atoms with Crippen LogP contribution in [0.1, 0.15) is 12.8 Å². The molecule has 3 rings (SSSR count). The molecule has 1 fully saturated rings. The zero-order valence-electron chi connectivity index (χ0n) is 11.1. The van der Waals surface area contributed by atoms with E-state index in [0.29, 0.717) is 6.04 Å². The fourth-order valence-corrected chi connectivity index (χ4v) is 2.55. The third-order valence-electron chi connectivity index (χ3n) is 3.70. The molecule has 0 bridgehead atoms. The number of hydrogen-bond acceptors (Lipinski definition) is 4. The molecule has 1 saturated heterocycles. The predicted octanol–water partition coefficient (Wildman–Crippen LogP) is 1.52. The van der Waals surface area contributed by atoms with Crippen molar-refractivity contribution in [3.63, 3.8) is 0 Å². The lowest BCUT2D eigenvalue weighted by atomic mass is 10.1. The molecule has 0 saturated carbocycles. The topological polar surface area (TPSA) is 53.6 Å². The van der Waals surface area contributed by atoms with Gasteiger partial charge in [0.2, 0.25) is 0 Å². The van der Waals surface area contributed by atoms with Gasteiger partial charge in [-0.3, -0.25) is 4.79 Å². The van der Waals surface area contributed by atoms with Crippen molar-refractivity contribution in [2.75, 3.05) is 37.4 Å². The average molecular weight is 261 g/mol. The molecule has 1 aromatic carbocycles. The van der Waals surface area contributed by atoms with Gasteiger partial charge in [-0.2, -0.15) is 0 Å². The average Bonchev–Trinajstić information content (AvgIpc) is 2.42. The number of hydrogen-bond donors (Lipinski definition) is 2. The number of rotatable bonds is 2. The Bertz CT molecular complexity index is 482. The minimum absolute atomic E-state index is 0.0940. The Labute approximate surface area is 112 Å². The van der Waals surface area contributed by atoms with Gasteiger partial charge in [0.05, 0.1) is 5.69 Å². The van der Waals surface area contributed by atoms with Gasteiger partial charge in [0.25, 0.3) is 5.91 Å². The highest BCUT2D eigenvalue weighted by molar-refractivity contribution is 5.95. The molecule has 0 radical (unpaired) electrons. The summed E-state index contributed by atoms with van der Waals surface area (Å²) in [5.41, 5.74) is 1.81. The van der Waals surface area contributed by atoms with Crippen LogP contribution in [0.4, 0.5) is 11.4 Å². The first-order valence-electron chi connectivity index (χ1n) is 6.72. The van der Waals surface area contributed by atoms with Crippen LogP contribution in [0, 0.1) is 0 Å². The molecule has 0 spiro atoms. The van der Waals surface area contributed by atoms with Gasteiger partial charge in [-0.25, -0.2) is 0 Å². The largest absolute Gasteiger partial charge is 0.482 e. The van der Waals surface area contributed by atoms with Crippen molar-refractivity contribution in [1.82, 2.24) is 4.90 Å². The van der Waals surface area contributed by atoms with Crippen LogP contribution >= 0.6 is 0 Å². The van der Waals surface area contributed by atoms with E-state index < -0.39 is 0 Å². The van der Waals surface area contributed by atoms with Gasteiger partial charge in [0.15, 0.2) is 6.61 Å². The van der Waals surface area contributed by atoms with Crippen LogP contribution in [0.15, 0.2) is 18.2 Å². The number of ether oxygens (including phenoxy) is 1. The second-order valence-electron chi connectivity index (χ2n) is 5.27. The maximum absolute atomic E-state index is 11.2. The van der Waals surface area contributed by atoms with Gasteiger partial charge in [0, 0.05) is 17.8 Å². The number of nitrogens with one attached hydrogen (secondary N) is 2. The highest BCUT2D eigenvalue weighted by Gasteiger charge is 2.19. The lowest BCUT2D eigenvalue weighted by Crippen LogP contribution is -2.36. The molecule has 0 aliphatic carbocycles. The van der Waals surface area contributed by atoms with Crippen molar-refractivity contribution >= 4 is 17.3 Å². The maximum Gasteiger partial charge on any atom is 0.262 e. The molecule has 1 aromatic rings. The van der Waals surface area contributed by atoms with E-state index in [4.69, 9.17) is 4.74 Å². The molecule has 102 valence electrons. The van der Waals surface area contributed by atoms with Crippen molar-refractivity contribution in [3.8, 4) is 5.75 Å². The first kappa shape index (κ1) is 12.3. The number of likely N-dealkylation sites (tertiary alicyclic amines) is 1. The number of carbonyl (C=O) groups excluding carboxylic acids is 1. The van der Waals surface area contributed by atoms with Gasteiger partial charge in [-0.1, -0.05) is 0 Å². The molecule has 0 atom stereocenters. The number of piperidine rings is 1. The summed E-state index contributed by atoms with van der Waals surface area (Å²) in [7, 11) is 2.16. The van der Waals surface area contributed by atoms with Crippen molar-refractivity contribution in [3.05, 3.63) is 18.2 Å². The van der Waals surface area contributed by atoms with Crippen LogP contribution in [0.2, 0.25) is 0 Å². The summed E-state index contributed by atoms with van der Waals surface area (Å²) in [6.45, 7) is 2.37. The molecule has 0 unspecified atom stereocenters. The number of benzene rings is 1. The third kappa shape index (κ3) is 2.81. The first-order chi connectivity index (χ1) is 9.20. The molecule has 2 aliphatic heterocycles. The Balaban J connectivity index is 1.67. The third-order valence-corrected chi connectivity index (χ3v) is 3.70. The standard InChI is InChI=1S/C14H19N3O2/c1-17-6-4-10(5-7-17)15-11-2-3-12-13(8-11)19-9-14(18)16-12/h2-3,8,10,15H,4-7,9H2,1H3,(H,16,18). The minimum Gasteiger partial charge on any atom is -0.482 e. The fourth-order valence-electron chi connectivity index (χ4n) is 2.55. The molecular weight excluding hydrogens is 242 g/mol. The van der Waals surface area contributed by atoms with E-state index in [-0.39, 0.29) is 12.5 Å². The van der Waals surface area contributed by atoms with E-state index in [9.17, 15) is 4.79 Å². The monoisotopic (exact) mass is 261 g/mol. The molecule has 2 N–H and O–H groups in total. The van der Waals surface area contributed by atoms with Crippen LogP contribution in [0.3, 0.4) is 0 Å². The second kappa shape index (κ2) is 5.09. The van der Waals surface area contributed by atoms with Crippen molar-refractivity contribution < 1.29 is 9.53 Å². The van der Waals surface area contributed by atoms with Gasteiger partial charge < -0.3 is 20.3 Å². The van der Waals surface area contributed by atoms with Gasteiger partial charge >= 0.3 is 0 Å². The highest BCUT2D eigenvalue weighted by Crippen LogP contribution is 2.31. The van der Waals surface area contributed by atoms with E-state index >= 15 is 0 Å². The van der Waals surface area contributed by atoms with E-state index in [1.54, 1.807) is 0 Å². The molecule has 0 aromatic heterocycles. The lowest BCUT2D eigenvalue weighted by Gasteiger charge is -2.30. The predicted molar refractivity (Wildman–Crippen MR) is 74.7 cm³/mol. The Morgan fingerprint density at radius 3 is 2.95 bits per heavy atom. The Morgan fingerprint density at radius 2 is 2.16 bits per heavy atom. The molecular formula is C14H19N3O2. The number of carbonyl (C=O) groups is 1. The summed E-state index contributed by atoms with van der Waals surface area (Å²) in [6, 6.07) is 6.37. The molecule has 19 heavy (non-hydrogen) atoms. The first-order valence-corrected chi connectivity index (χ1v) is 6.72. The fraction of sp³-hybridized carbons (Fsp3) is 0.500. The normalized spacial score (nSPS) is 20.4. The van der Waals surface area contributed by atoms with E-state index in [1.165, 1.54) is 0 Å². The Kier molecular flexibility index (Phi) is 3.29. The Hall–Kier alpha value is -1.75. The summed E-state index contributed by atoms with van der Waals surface area (Å²) >= 11 is 0. The molecule has 5 nitrogen and oxygen atoms in total. The Morgan fingerprint density at radius 1 is 1.37 bits per heavy atom. The van der Waals surface area contributed by atoms with Crippen LogP contribution in [0.5, 0.6) is 5.75 Å². The van der Waals surface area contributed by atoms with Crippen molar-refractivity contribution in [2.45, 2.75) is 18.9 Å². The quantitative estimate of drug-likeness (QED) is 0.847. The van der Waals surface area contributed by atoms with E-state index in [0.717, 1.165) is 43.1 Å². The number of amides is 1. The molecule has 2 heterocycles. The van der Waals surface area contributed by atoms with Gasteiger partial charge in [-0.05, 0) is 45.1 Å². The van der Waals surface area contributed by atoms with Crippen LogP contribution < -0.4 is 15.4 Å². The number of nitrogens with zero attached hydrogens (tertiary/aromatic N) is 1. The molecule has 1 amide bonds. The number of fused-ring (bicyclic) bond motifs is 1.